The second-order valence-electron chi connectivity index (χ2n) is 6.23. The van der Waals surface area contributed by atoms with E-state index in [1.54, 1.807) is 39.0 Å². The normalized spacial score (nSPS) is 11.8. The minimum Gasteiger partial charge on any atom is -0.491 e. The Bertz CT molecular complexity index is 1020. The summed E-state index contributed by atoms with van der Waals surface area (Å²) in [5, 5.41) is -0.0115. The monoisotopic (exact) mass is 378 g/mol. The maximum absolute atomic E-state index is 13.6. The van der Waals surface area contributed by atoms with Crippen LogP contribution in [-0.4, -0.2) is 6.10 Å². The van der Waals surface area contributed by atoms with Crippen molar-refractivity contribution in [2.75, 3.05) is 0 Å². The lowest BCUT2D eigenvalue weighted by atomic mass is 10.1. The topological polar surface area (TPSA) is 48.7 Å². The van der Waals surface area contributed by atoms with Crippen molar-refractivity contribution in [1.82, 2.24) is 0 Å². The van der Waals surface area contributed by atoms with Crippen LogP contribution in [0.1, 0.15) is 25.2 Å². The Morgan fingerprint density at radius 3 is 2.30 bits per heavy atom. The predicted octanol–water partition coefficient (Wildman–Crippen LogP) is 5.70. The van der Waals surface area contributed by atoms with Gasteiger partial charge in [0.05, 0.1) is 11.5 Å². The maximum Gasteiger partial charge on any atom is 0.453 e. The average molecular weight is 378 g/mol. The van der Waals surface area contributed by atoms with Crippen molar-refractivity contribution in [3.63, 3.8) is 0 Å². The number of hydrogen-bond donors (Lipinski definition) is 0. The van der Waals surface area contributed by atoms with Gasteiger partial charge in [0.1, 0.15) is 17.1 Å². The van der Waals surface area contributed by atoms with Crippen molar-refractivity contribution in [1.29, 1.82) is 0 Å². The molecule has 0 saturated carbocycles. The van der Waals surface area contributed by atoms with Crippen LogP contribution in [0.15, 0.2) is 51.7 Å². The molecule has 27 heavy (non-hydrogen) atoms. The molecule has 4 nitrogen and oxygen atoms in total. The average Bonchev–Trinajstić information content (AvgIpc) is 2.59. The Labute approximate surface area is 153 Å². The number of fused-ring (bicyclic) bond motifs is 1. The van der Waals surface area contributed by atoms with Gasteiger partial charge in [0.25, 0.3) is 5.76 Å². The SMILES string of the molecule is Cc1c(OC(C)C)ccc2c(=O)c(Oc3ccccc3)c(C(F)(F)F)oc12. The van der Waals surface area contributed by atoms with E-state index in [9.17, 15) is 18.0 Å². The Morgan fingerprint density at radius 1 is 1.04 bits per heavy atom. The number of hydrogen-bond acceptors (Lipinski definition) is 4. The zero-order chi connectivity index (χ0) is 19.8. The number of ether oxygens (including phenoxy) is 2. The molecule has 0 atom stereocenters. The van der Waals surface area contributed by atoms with Gasteiger partial charge in [-0.3, -0.25) is 4.79 Å². The fourth-order valence-electron chi connectivity index (χ4n) is 2.63. The predicted molar refractivity (Wildman–Crippen MR) is 94.5 cm³/mol. The number of benzene rings is 2. The van der Waals surface area contributed by atoms with Crippen LogP contribution in [0.2, 0.25) is 0 Å². The van der Waals surface area contributed by atoms with Gasteiger partial charge in [0.2, 0.25) is 11.2 Å². The summed E-state index contributed by atoms with van der Waals surface area (Å²) in [5.41, 5.74) is -0.757. The highest BCUT2D eigenvalue weighted by molar-refractivity contribution is 5.83. The second-order valence-corrected chi connectivity index (χ2v) is 6.23. The molecule has 7 heteroatoms. The smallest absolute Gasteiger partial charge is 0.453 e. The summed E-state index contributed by atoms with van der Waals surface area (Å²) in [6.45, 7) is 5.12. The van der Waals surface area contributed by atoms with Crippen LogP contribution in [0, 0.1) is 6.92 Å². The molecule has 0 fully saturated rings. The highest BCUT2D eigenvalue weighted by Crippen LogP contribution is 2.39. The first-order chi connectivity index (χ1) is 12.7. The van der Waals surface area contributed by atoms with Crippen LogP contribution in [-0.2, 0) is 6.18 Å². The molecule has 0 radical (unpaired) electrons. The molecule has 142 valence electrons. The van der Waals surface area contributed by atoms with Crippen LogP contribution >= 0.6 is 0 Å². The van der Waals surface area contributed by atoms with Gasteiger partial charge < -0.3 is 13.9 Å². The fourth-order valence-corrected chi connectivity index (χ4v) is 2.63. The second kappa shape index (κ2) is 6.98. The summed E-state index contributed by atoms with van der Waals surface area (Å²) in [4.78, 5) is 12.8. The molecule has 0 saturated heterocycles. The molecule has 3 aromatic rings. The standard InChI is InChI=1S/C20H17F3O4/c1-11(2)25-15-10-9-14-16(24)18(26-13-7-5-4-6-8-13)19(20(21,22)23)27-17(14)12(15)3/h4-11H,1-3H3. The lowest BCUT2D eigenvalue weighted by Crippen LogP contribution is -2.16. The van der Waals surface area contributed by atoms with Gasteiger partial charge in [-0.2, -0.15) is 13.2 Å². The van der Waals surface area contributed by atoms with Crippen molar-refractivity contribution in [2.45, 2.75) is 33.1 Å². The molecule has 0 aliphatic heterocycles. The van der Waals surface area contributed by atoms with Gasteiger partial charge in [-0.15, -0.1) is 0 Å². The molecule has 2 aromatic carbocycles. The van der Waals surface area contributed by atoms with Crippen LogP contribution in [0.4, 0.5) is 13.2 Å². The van der Waals surface area contributed by atoms with E-state index < -0.39 is 23.1 Å². The summed E-state index contributed by atoms with van der Waals surface area (Å²) in [6.07, 6.45) is -5.09. The summed E-state index contributed by atoms with van der Waals surface area (Å²) >= 11 is 0. The maximum atomic E-state index is 13.6. The summed E-state index contributed by atoms with van der Waals surface area (Å²) < 4.78 is 56.6. The van der Waals surface area contributed by atoms with E-state index >= 15 is 0 Å². The lowest BCUT2D eigenvalue weighted by molar-refractivity contribution is -0.154. The molecular weight excluding hydrogens is 361 g/mol. The van der Waals surface area contributed by atoms with Gasteiger partial charge >= 0.3 is 6.18 Å². The minimum atomic E-state index is -4.90. The molecule has 0 N–H and O–H groups in total. The van der Waals surface area contributed by atoms with E-state index in [1.165, 1.54) is 24.3 Å². The lowest BCUT2D eigenvalue weighted by Gasteiger charge is -2.16. The fraction of sp³-hybridized carbons (Fsp3) is 0.250. The highest BCUT2D eigenvalue weighted by Gasteiger charge is 2.40. The molecule has 0 spiro atoms. The van der Waals surface area contributed by atoms with E-state index in [2.05, 4.69) is 0 Å². The Kier molecular flexibility index (Phi) is 4.87. The van der Waals surface area contributed by atoms with E-state index in [0.717, 1.165) is 0 Å². The molecule has 0 aliphatic rings. The molecular formula is C20H17F3O4. The number of aryl methyl sites for hydroxylation is 1. The Morgan fingerprint density at radius 2 is 1.70 bits per heavy atom. The van der Waals surface area contributed by atoms with Crippen molar-refractivity contribution in [3.05, 3.63) is 64.0 Å². The Hall–Kier alpha value is -2.96. The van der Waals surface area contributed by atoms with Crippen molar-refractivity contribution in [2.24, 2.45) is 0 Å². The molecule has 0 aliphatic carbocycles. The number of rotatable bonds is 4. The Balaban J connectivity index is 2.26. The molecule has 0 amide bonds. The number of para-hydroxylation sites is 1. The van der Waals surface area contributed by atoms with E-state index in [-0.39, 0.29) is 22.8 Å². The molecule has 1 aromatic heterocycles. The van der Waals surface area contributed by atoms with Gasteiger partial charge in [-0.1, -0.05) is 18.2 Å². The molecule has 0 bridgehead atoms. The van der Waals surface area contributed by atoms with E-state index in [0.29, 0.717) is 11.3 Å². The third-order valence-corrected chi connectivity index (χ3v) is 3.80. The number of halogens is 3. The first-order valence-corrected chi connectivity index (χ1v) is 8.25. The summed E-state index contributed by atoms with van der Waals surface area (Å²) in [7, 11) is 0. The zero-order valence-corrected chi connectivity index (χ0v) is 14.9. The van der Waals surface area contributed by atoms with Crippen LogP contribution in [0.5, 0.6) is 17.2 Å². The first kappa shape index (κ1) is 18.8. The van der Waals surface area contributed by atoms with Gasteiger partial charge in [-0.05, 0) is 45.0 Å². The third-order valence-electron chi connectivity index (χ3n) is 3.80. The molecule has 0 unspecified atom stereocenters. The largest absolute Gasteiger partial charge is 0.491 e. The molecule has 3 rings (SSSR count). The third kappa shape index (κ3) is 3.77. The zero-order valence-electron chi connectivity index (χ0n) is 14.9. The van der Waals surface area contributed by atoms with Crippen LogP contribution in [0.25, 0.3) is 11.0 Å². The summed E-state index contributed by atoms with van der Waals surface area (Å²) in [6, 6.07) is 10.7. The molecule has 1 heterocycles. The van der Waals surface area contributed by atoms with Crippen molar-refractivity contribution in [3.8, 4) is 17.2 Å². The van der Waals surface area contributed by atoms with Gasteiger partial charge in [-0.25, -0.2) is 0 Å². The van der Waals surface area contributed by atoms with E-state index in [1.807, 2.05) is 0 Å². The first-order valence-electron chi connectivity index (χ1n) is 8.25. The quantitative estimate of drug-likeness (QED) is 0.584. The van der Waals surface area contributed by atoms with Crippen molar-refractivity contribution >= 4 is 11.0 Å². The van der Waals surface area contributed by atoms with E-state index in [4.69, 9.17) is 13.9 Å². The van der Waals surface area contributed by atoms with Crippen molar-refractivity contribution < 1.29 is 27.1 Å². The summed E-state index contributed by atoms with van der Waals surface area (Å²) in [5.74, 6) is -1.91. The van der Waals surface area contributed by atoms with Crippen LogP contribution < -0.4 is 14.9 Å². The van der Waals surface area contributed by atoms with Gasteiger partial charge in [0.15, 0.2) is 0 Å². The highest BCUT2D eigenvalue weighted by atomic mass is 19.4. The van der Waals surface area contributed by atoms with Crippen LogP contribution in [0.3, 0.4) is 0 Å². The number of alkyl halides is 3. The van der Waals surface area contributed by atoms with Gasteiger partial charge in [0, 0.05) is 5.56 Å². The minimum absolute atomic E-state index is 0.0115.